The first-order chi connectivity index (χ1) is 9.91. The van der Waals surface area contributed by atoms with E-state index in [4.69, 9.17) is 16.3 Å². The third-order valence-corrected chi connectivity index (χ3v) is 3.59. The summed E-state index contributed by atoms with van der Waals surface area (Å²) in [4.78, 5) is 10.9. The van der Waals surface area contributed by atoms with Crippen LogP contribution < -0.4 is 39.4 Å². The van der Waals surface area contributed by atoms with E-state index in [1.54, 1.807) is 0 Å². The number of aliphatic carboxylic acids is 1. The number of carbonyl (C=O) groups is 1. The molecular formula is C15H13ClF3NaO3. The van der Waals surface area contributed by atoms with Crippen molar-refractivity contribution < 1.29 is 57.4 Å². The molecule has 0 saturated carbocycles. The molecule has 0 bridgehead atoms. The summed E-state index contributed by atoms with van der Waals surface area (Å²) < 4.78 is 43.8. The minimum atomic E-state index is -4.86. The Morgan fingerprint density at radius 3 is 2.26 bits per heavy atom. The molecular weight excluding hydrogens is 344 g/mol. The molecule has 1 heterocycles. The molecule has 0 fully saturated rings. The number of ether oxygens (including phenoxy) is 1. The van der Waals surface area contributed by atoms with Crippen LogP contribution in [0.1, 0.15) is 31.9 Å². The molecule has 1 aliphatic rings. The second kappa shape index (κ2) is 6.67. The molecule has 3 nitrogen and oxygen atoms in total. The minimum absolute atomic E-state index is 0. The zero-order chi connectivity index (χ0) is 16.9. The smallest absolute Gasteiger partial charge is 0.545 e. The van der Waals surface area contributed by atoms with Crippen molar-refractivity contribution in [1.82, 2.24) is 0 Å². The SMILES string of the molecule is CC(C)(C)c1cc2c(cc1Cl)C=C(C(=O)[O-])[C@@H](C(F)(F)F)O2.[Na+]. The topological polar surface area (TPSA) is 49.4 Å². The maximum atomic E-state index is 13.0. The molecule has 0 aromatic heterocycles. The van der Waals surface area contributed by atoms with Gasteiger partial charge in [-0.3, -0.25) is 0 Å². The van der Waals surface area contributed by atoms with Crippen LogP contribution in [0, 0.1) is 0 Å². The molecule has 0 spiro atoms. The molecule has 2 rings (SSSR count). The van der Waals surface area contributed by atoms with Gasteiger partial charge >= 0.3 is 35.7 Å². The van der Waals surface area contributed by atoms with E-state index in [1.165, 1.54) is 12.1 Å². The fourth-order valence-corrected chi connectivity index (χ4v) is 2.66. The standard InChI is InChI=1S/C15H14ClF3O3.Na/c1-14(2,3)9-6-11-7(5-10(9)16)4-8(13(20)21)12(22-11)15(17,18)19;/h4-6,12H,1-3H3,(H,20,21);/q;+1/p-1/t12-;/m0./s1. The van der Waals surface area contributed by atoms with Crippen LogP contribution in [0.3, 0.4) is 0 Å². The van der Waals surface area contributed by atoms with Crippen molar-refractivity contribution in [3.05, 3.63) is 33.9 Å². The molecule has 0 unspecified atom stereocenters. The van der Waals surface area contributed by atoms with Crippen LogP contribution in [0.2, 0.25) is 5.02 Å². The van der Waals surface area contributed by atoms with E-state index in [2.05, 4.69) is 0 Å². The molecule has 1 aliphatic heterocycles. The molecule has 1 atom stereocenters. The average Bonchev–Trinajstić information content (AvgIpc) is 2.33. The minimum Gasteiger partial charge on any atom is -0.545 e. The Balaban J connectivity index is 0.00000264. The Hall–Kier alpha value is -0.690. The van der Waals surface area contributed by atoms with E-state index in [0.29, 0.717) is 10.6 Å². The quantitative estimate of drug-likeness (QED) is 0.671. The van der Waals surface area contributed by atoms with Crippen LogP contribution in [0.5, 0.6) is 5.75 Å². The van der Waals surface area contributed by atoms with Crippen LogP contribution in [-0.2, 0) is 10.2 Å². The van der Waals surface area contributed by atoms with E-state index < -0.39 is 29.2 Å². The Labute approximate surface area is 158 Å². The largest absolute Gasteiger partial charge is 1.00 e. The maximum absolute atomic E-state index is 13.0. The first-order valence-corrected chi connectivity index (χ1v) is 6.79. The van der Waals surface area contributed by atoms with Gasteiger partial charge in [-0.15, -0.1) is 0 Å². The third kappa shape index (κ3) is 4.24. The Bertz CT molecular complexity index is 663. The number of rotatable bonds is 1. The van der Waals surface area contributed by atoms with Gasteiger partial charge in [0.25, 0.3) is 0 Å². The summed E-state index contributed by atoms with van der Waals surface area (Å²) in [6.07, 6.45) is -6.52. The van der Waals surface area contributed by atoms with E-state index >= 15 is 0 Å². The van der Waals surface area contributed by atoms with Gasteiger partial charge in [-0.05, 0) is 29.2 Å². The van der Waals surface area contributed by atoms with Crippen molar-refractivity contribution in [2.75, 3.05) is 0 Å². The first kappa shape index (κ1) is 20.4. The van der Waals surface area contributed by atoms with E-state index in [9.17, 15) is 23.1 Å². The van der Waals surface area contributed by atoms with Gasteiger partial charge in [-0.25, -0.2) is 0 Å². The number of halogens is 4. The van der Waals surface area contributed by atoms with Gasteiger partial charge in [-0.1, -0.05) is 32.4 Å². The fraction of sp³-hybridized carbons (Fsp3) is 0.400. The van der Waals surface area contributed by atoms with Crippen LogP contribution in [-0.4, -0.2) is 18.2 Å². The van der Waals surface area contributed by atoms with Crippen molar-refractivity contribution >= 4 is 23.6 Å². The van der Waals surface area contributed by atoms with Gasteiger partial charge in [0.05, 0.1) is 5.97 Å². The van der Waals surface area contributed by atoms with Crippen LogP contribution >= 0.6 is 11.6 Å². The van der Waals surface area contributed by atoms with Gasteiger partial charge in [0.1, 0.15) is 5.75 Å². The van der Waals surface area contributed by atoms with Gasteiger partial charge in [0.15, 0.2) is 0 Å². The van der Waals surface area contributed by atoms with Crippen LogP contribution in [0.15, 0.2) is 17.7 Å². The molecule has 0 saturated heterocycles. The van der Waals surface area contributed by atoms with Crippen molar-refractivity contribution in [3.63, 3.8) is 0 Å². The van der Waals surface area contributed by atoms with Gasteiger partial charge in [-0.2, -0.15) is 13.2 Å². The molecule has 0 amide bonds. The monoisotopic (exact) mass is 356 g/mol. The number of hydrogen-bond donors (Lipinski definition) is 0. The number of fused-ring (bicyclic) bond motifs is 1. The predicted octanol–water partition coefficient (Wildman–Crippen LogP) is 0.0981. The Morgan fingerprint density at radius 2 is 1.83 bits per heavy atom. The van der Waals surface area contributed by atoms with Gasteiger partial charge in [0.2, 0.25) is 6.10 Å². The molecule has 23 heavy (non-hydrogen) atoms. The number of benzene rings is 1. The molecule has 8 heteroatoms. The van der Waals surface area contributed by atoms with Crippen molar-refractivity contribution in [3.8, 4) is 5.75 Å². The predicted molar refractivity (Wildman–Crippen MR) is 73.6 cm³/mol. The summed E-state index contributed by atoms with van der Waals surface area (Å²) in [6.45, 7) is 5.56. The number of carboxylic acids is 1. The molecule has 120 valence electrons. The summed E-state index contributed by atoms with van der Waals surface area (Å²) in [5.74, 6) is -1.98. The van der Waals surface area contributed by atoms with Crippen LogP contribution in [0.25, 0.3) is 6.08 Å². The molecule has 0 radical (unpaired) electrons. The van der Waals surface area contributed by atoms with Gasteiger partial charge in [0, 0.05) is 16.2 Å². The molecule has 1 aromatic carbocycles. The third-order valence-electron chi connectivity index (χ3n) is 3.28. The van der Waals surface area contributed by atoms with Crippen molar-refractivity contribution in [1.29, 1.82) is 0 Å². The summed E-state index contributed by atoms with van der Waals surface area (Å²) in [6, 6.07) is 2.81. The second-order valence-electron chi connectivity index (χ2n) is 6.05. The second-order valence-corrected chi connectivity index (χ2v) is 6.45. The number of hydrogen-bond acceptors (Lipinski definition) is 3. The normalized spacial score (nSPS) is 17.5. The molecule has 0 aliphatic carbocycles. The maximum Gasteiger partial charge on any atom is 1.00 e. The van der Waals surface area contributed by atoms with E-state index in [0.717, 1.165) is 6.08 Å². The number of alkyl halides is 3. The summed E-state index contributed by atoms with van der Waals surface area (Å²) in [7, 11) is 0. The van der Waals surface area contributed by atoms with Crippen molar-refractivity contribution in [2.24, 2.45) is 0 Å². The van der Waals surface area contributed by atoms with E-state index in [1.807, 2.05) is 20.8 Å². The number of carboxylic acid groups (broad SMARTS) is 1. The first-order valence-electron chi connectivity index (χ1n) is 6.41. The summed E-state index contributed by atoms with van der Waals surface area (Å²) in [5.41, 5.74) is -0.585. The van der Waals surface area contributed by atoms with Crippen molar-refractivity contribution in [2.45, 2.75) is 38.5 Å². The van der Waals surface area contributed by atoms with Crippen LogP contribution in [0.4, 0.5) is 13.2 Å². The average molecular weight is 357 g/mol. The molecule has 0 N–H and O–H groups in total. The molecule has 1 aromatic rings. The summed E-state index contributed by atoms with van der Waals surface area (Å²) >= 11 is 6.13. The fourth-order valence-electron chi connectivity index (χ4n) is 2.20. The zero-order valence-corrected chi connectivity index (χ0v) is 15.8. The Morgan fingerprint density at radius 1 is 1.26 bits per heavy atom. The zero-order valence-electron chi connectivity index (χ0n) is 13.0. The van der Waals surface area contributed by atoms with Gasteiger partial charge < -0.3 is 14.6 Å². The number of carbonyl (C=O) groups excluding carboxylic acids is 1. The van der Waals surface area contributed by atoms with E-state index in [-0.39, 0.29) is 40.9 Å². The Kier molecular flexibility index (Phi) is 5.90. The summed E-state index contributed by atoms with van der Waals surface area (Å²) in [5, 5.41) is 11.3.